The van der Waals surface area contributed by atoms with Crippen molar-refractivity contribution in [1.82, 2.24) is 0 Å². The fourth-order valence-corrected chi connectivity index (χ4v) is 0. The van der Waals surface area contributed by atoms with Crippen LogP contribution in [-0.2, 0) is 4.79 Å². The number of carboxylic acids is 1. The average molecular weight is 215 g/mol. The first kappa shape index (κ1) is 17.1. The third kappa shape index (κ3) is 175. The van der Waals surface area contributed by atoms with Crippen molar-refractivity contribution in [3.05, 3.63) is 0 Å². The number of hydrogen-bond donors (Lipinski definition) is 0. The molecule has 9 heavy (non-hydrogen) atoms. The molecule has 0 aromatic carbocycles. The van der Waals surface area contributed by atoms with Crippen LogP contribution in [-0.4, -0.2) is 17.4 Å². The Bertz CT molecular complexity index is 64.1. The molecule has 0 amide bonds. The predicted octanol–water partition coefficient (Wildman–Crippen LogP) is -2.55. The van der Waals surface area contributed by atoms with Crippen molar-refractivity contribution in [2.75, 3.05) is 0 Å². The smallest absolute Gasteiger partial charge is 0.550 e. The Morgan fingerprint density at radius 2 is 1.44 bits per heavy atom. The van der Waals surface area contributed by atoms with Gasteiger partial charge in [-0.3, -0.25) is 0 Å². The molecule has 0 aliphatic rings. The van der Waals surface area contributed by atoms with Gasteiger partial charge in [-0.15, -0.1) is 0 Å². The van der Waals surface area contributed by atoms with E-state index in [9.17, 15) is 0 Å². The van der Waals surface area contributed by atoms with Crippen molar-refractivity contribution in [1.29, 1.82) is 0 Å². The SMILES string of the molecule is CC(=O)[O-].[Cl][Al]([Cl])[Cl].[Na+]. The van der Waals surface area contributed by atoms with E-state index in [4.69, 9.17) is 40.0 Å². The minimum atomic E-state index is -1.72. The van der Waals surface area contributed by atoms with Crippen LogP contribution in [0.5, 0.6) is 0 Å². The normalized spacial score (nSPS) is 5.78. The molecule has 0 saturated heterocycles. The van der Waals surface area contributed by atoms with Crippen LogP contribution in [0.1, 0.15) is 6.92 Å². The number of carbonyl (C=O) groups excluding carboxylic acids is 1. The molecule has 0 saturated carbocycles. The summed E-state index contributed by atoms with van der Waals surface area (Å²) in [6.07, 6.45) is 0. The topological polar surface area (TPSA) is 40.1 Å². The van der Waals surface area contributed by atoms with Crippen molar-refractivity contribution in [3.63, 3.8) is 0 Å². The molecule has 0 radical (unpaired) electrons. The Balaban J connectivity index is -0.0000000720. The van der Waals surface area contributed by atoms with Gasteiger partial charge >= 0.3 is 40.9 Å². The van der Waals surface area contributed by atoms with E-state index in [1.165, 1.54) is 0 Å². The molecule has 0 bridgehead atoms. The molecule has 0 heterocycles. The van der Waals surface area contributed by atoms with Crippen molar-refractivity contribution >= 4 is 47.5 Å². The second-order valence-corrected chi connectivity index (χ2v) is 7.17. The number of carbonyl (C=O) groups is 1. The van der Waals surface area contributed by atoms with Crippen molar-refractivity contribution in [3.8, 4) is 0 Å². The summed E-state index contributed by atoms with van der Waals surface area (Å²) in [6.45, 7) is 0.972. The van der Waals surface area contributed by atoms with Gasteiger partial charge in [0.25, 0.3) is 0 Å². The molecular weight excluding hydrogens is 212 g/mol. The summed E-state index contributed by atoms with van der Waals surface area (Å²) in [5.74, 6) is -1.08. The van der Waals surface area contributed by atoms with E-state index in [2.05, 4.69) is 0 Å². The number of halogens is 3. The second kappa shape index (κ2) is 12.5. The van der Waals surface area contributed by atoms with Gasteiger partial charge in [-0.25, -0.2) is 30.1 Å². The van der Waals surface area contributed by atoms with E-state index in [-0.39, 0.29) is 29.6 Å². The molecule has 0 aliphatic heterocycles. The zero-order valence-electron chi connectivity index (χ0n) is 5.03. The van der Waals surface area contributed by atoms with E-state index in [1.54, 1.807) is 0 Å². The van der Waals surface area contributed by atoms with Gasteiger partial charge < -0.3 is 9.90 Å². The van der Waals surface area contributed by atoms with Crippen molar-refractivity contribution in [2.45, 2.75) is 6.92 Å². The van der Waals surface area contributed by atoms with E-state index in [1.807, 2.05) is 0 Å². The maximum Gasteiger partial charge on any atom is 1.00 e. The largest absolute Gasteiger partial charge is 1.00 e. The summed E-state index contributed by atoms with van der Waals surface area (Å²) in [5, 5.41) is 8.89. The first-order valence-corrected chi connectivity index (χ1v) is 6.80. The van der Waals surface area contributed by atoms with Gasteiger partial charge in [-0.05, 0) is 6.92 Å². The predicted molar refractivity (Wildman–Crippen MR) is 34.0 cm³/mol. The van der Waals surface area contributed by atoms with Crippen LogP contribution in [0.4, 0.5) is 0 Å². The van der Waals surface area contributed by atoms with Gasteiger partial charge in [0, 0.05) is 5.97 Å². The first-order valence-electron chi connectivity index (χ1n) is 1.56. The summed E-state index contributed by atoms with van der Waals surface area (Å²) in [6, 6.07) is 0. The van der Waals surface area contributed by atoms with Crippen LogP contribution >= 0.6 is 30.1 Å². The Hall–Kier alpha value is 1.87. The van der Waals surface area contributed by atoms with Gasteiger partial charge in [0.1, 0.15) is 0 Å². The van der Waals surface area contributed by atoms with Crippen LogP contribution in [0.15, 0.2) is 0 Å². The number of aliphatic carboxylic acids is 1. The third-order valence-electron chi connectivity index (χ3n) is 0. The van der Waals surface area contributed by atoms with Gasteiger partial charge in [0.05, 0.1) is 0 Å². The molecule has 7 heteroatoms. The monoisotopic (exact) mass is 214 g/mol. The fraction of sp³-hybridized carbons (Fsp3) is 0.500. The van der Waals surface area contributed by atoms with E-state index in [0.29, 0.717) is 0 Å². The van der Waals surface area contributed by atoms with Crippen molar-refractivity contribution < 1.29 is 39.5 Å². The standard InChI is InChI=1S/C2H4O2.Al.3ClH.Na/c1-2(3)4;;;;;/h1H3,(H,3,4);;3*1H;/q;+3;;;;+1/p-4. The first-order chi connectivity index (χ1) is 3.46. The van der Waals surface area contributed by atoms with Crippen LogP contribution in [0.3, 0.4) is 0 Å². The molecule has 0 spiro atoms. The minimum absolute atomic E-state index is 0. The van der Waals surface area contributed by atoms with Gasteiger partial charge in [0.15, 0.2) is 0 Å². The van der Waals surface area contributed by atoms with Crippen LogP contribution < -0.4 is 34.7 Å². The third-order valence-corrected chi connectivity index (χ3v) is 0. The average Bonchev–Trinajstić information content (AvgIpc) is 1.25. The molecule has 0 aliphatic carbocycles. The van der Waals surface area contributed by atoms with Crippen LogP contribution in [0.2, 0.25) is 0 Å². The molecule has 0 N–H and O–H groups in total. The number of hydrogen-bond acceptors (Lipinski definition) is 2. The fourth-order valence-electron chi connectivity index (χ4n) is 0. The summed E-state index contributed by atoms with van der Waals surface area (Å²) in [5.41, 5.74) is 0. The second-order valence-electron chi connectivity index (χ2n) is 0.739. The Morgan fingerprint density at radius 3 is 1.44 bits per heavy atom. The Kier molecular flexibility index (Phi) is 23.8. The van der Waals surface area contributed by atoms with Gasteiger partial charge in [0.2, 0.25) is 0 Å². The summed E-state index contributed by atoms with van der Waals surface area (Å²) in [7, 11) is 14.8. The quantitative estimate of drug-likeness (QED) is 0.417. The molecule has 48 valence electrons. The van der Waals surface area contributed by atoms with E-state index < -0.39 is 17.4 Å². The molecule has 0 aromatic rings. The molecule has 0 unspecified atom stereocenters. The maximum atomic E-state index is 8.89. The van der Waals surface area contributed by atoms with Gasteiger partial charge in [-0.1, -0.05) is 0 Å². The summed E-state index contributed by atoms with van der Waals surface area (Å²) >= 11 is -1.72. The number of rotatable bonds is 0. The minimum Gasteiger partial charge on any atom is -0.550 e. The molecule has 2 nitrogen and oxygen atoms in total. The summed E-state index contributed by atoms with van der Waals surface area (Å²) in [4.78, 5) is 8.89. The van der Waals surface area contributed by atoms with Crippen LogP contribution in [0, 0.1) is 0 Å². The Morgan fingerprint density at radius 1 is 1.44 bits per heavy atom. The molecule has 0 atom stereocenters. The zero-order chi connectivity index (χ0) is 7.15. The number of carboxylic acid groups (broad SMARTS) is 1. The molecule has 0 fully saturated rings. The van der Waals surface area contributed by atoms with Gasteiger partial charge in [-0.2, -0.15) is 0 Å². The van der Waals surface area contributed by atoms with Crippen molar-refractivity contribution in [2.24, 2.45) is 0 Å². The zero-order valence-corrected chi connectivity index (χ0v) is 10.5. The molecule has 0 rings (SSSR count). The van der Waals surface area contributed by atoms with Crippen LogP contribution in [0.25, 0.3) is 0 Å². The van der Waals surface area contributed by atoms with E-state index in [0.717, 1.165) is 6.92 Å². The summed E-state index contributed by atoms with van der Waals surface area (Å²) < 4.78 is 0. The Labute approximate surface area is 92.8 Å². The van der Waals surface area contributed by atoms with E-state index >= 15 is 0 Å². The molecular formula is C2H3AlCl3NaO2. The molecule has 0 aromatic heterocycles. The maximum absolute atomic E-state index is 8.89.